The Hall–Kier alpha value is -4.34. The van der Waals surface area contributed by atoms with Gasteiger partial charge in [0.2, 0.25) is 11.8 Å². The number of hydrogen-bond donors (Lipinski definition) is 0. The van der Waals surface area contributed by atoms with E-state index in [9.17, 15) is 27.6 Å². The Kier molecular flexibility index (Phi) is 7.89. The second-order valence-corrected chi connectivity index (χ2v) is 13.5. The molecule has 0 radical (unpaired) electrons. The Morgan fingerprint density at radius 1 is 1.04 bits per heavy atom. The summed E-state index contributed by atoms with van der Waals surface area (Å²) in [5, 5.41) is 0. The lowest BCUT2D eigenvalue weighted by molar-refractivity contribution is -0.274. The van der Waals surface area contributed by atoms with E-state index in [0.29, 0.717) is 36.1 Å². The van der Waals surface area contributed by atoms with Gasteiger partial charge in [0, 0.05) is 35.0 Å². The molecule has 0 spiro atoms. The second kappa shape index (κ2) is 11.5. The number of nitrogens with zero attached hydrogens (tertiary/aromatic N) is 2. The molecule has 3 atom stereocenters. The third-order valence-corrected chi connectivity index (χ3v) is 9.28. The molecule has 1 saturated carbocycles. The van der Waals surface area contributed by atoms with E-state index in [1.165, 1.54) is 11.0 Å². The topological polar surface area (TPSA) is 76.2 Å². The van der Waals surface area contributed by atoms with Gasteiger partial charge in [0.25, 0.3) is 0 Å². The summed E-state index contributed by atoms with van der Waals surface area (Å²) in [6, 6.07) is 17.2. The number of carbonyl (C=O) groups is 3. The molecule has 2 aliphatic heterocycles. The van der Waals surface area contributed by atoms with E-state index in [4.69, 9.17) is 4.74 Å². The zero-order valence-electron chi connectivity index (χ0n) is 26.5. The molecule has 46 heavy (non-hydrogen) atoms. The van der Waals surface area contributed by atoms with Crippen molar-refractivity contribution in [2.75, 3.05) is 11.5 Å². The van der Waals surface area contributed by atoms with Crippen molar-refractivity contribution < 1.29 is 37.0 Å². The molecule has 3 aromatic carbocycles. The van der Waals surface area contributed by atoms with Crippen LogP contribution in [0.5, 0.6) is 5.75 Å². The van der Waals surface area contributed by atoms with Crippen LogP contribution in [0, 0.1) is 12.8 Å². The summed E-state index contributed by atoms with van der Waals surface area (Å²) in [6.45, 7) is 9.73. The van der Waals surface area contributed by atoms with Gasteiger partial charge in [-0.2, -0.15) is 0 Å². The second-order valence-electron chi connectivity index (χ2n) is 13.5. The van der Waals surface area contributed by atoms with E-state index < -0.39 is 29.8 Å². The average Bonchev–Trinajstić information content (AvgIpc) is 3.69. The van der Waals surface area contributed by atoms with Gasteiger partial charge in [-0.3, -0.25) is 9.59 Å². The minimum Gasteiger partial charge on any atom is -0.447 e. The van der Waals surface area contributed by atoms with E-state index in [1.807, 2.05) is 71.0 Å². The van der Waals surface area contributed by atoms with Gasteiger partial charge in [-0.1, -0.05) is 56.3 Å². The van der Waals surface area contributed by atoms with Gasteiger partial charge in [-0.05, 0) is 85.5 Å². The molecule has 3 amide bonds. The summed E-state index contributed by atoms with van der Waals surface area (Å²) in [5.41, 5.74) is 4.27. The molecule has 0 N–H and O–H groups in total. The average molecular weight is 635 g/mol. The first-order valence-corrected chi connectivity index (χ1v) is 15.6. The van der Waals surface area contributed by atoms with Crippen LogP contribution >= 0.6 is 0 Å². The fraction of sp³-hybridized carbons (Fsp3) is 0.417. The maximum absolute atomic E-state index is 13.6. The molecular weight excluding hydrogens is 597 g/mol. The third kappa shape index (κ3) is 5.97. The molecule has 2 heterocycles. The highest BCUT2D eigenvalue weighted by Gasteiger charge is 2.51. The number of benzene rings is 3. The van der Waals surface area contributed by atoms with Crippen LogP contribution in [0.2, 0.25) is 0 Å². The molecule has 7 nitrogen and oxygen atoms in total. The Bertz CT molecular complexity index is 1700. The van der Waals surface area contributed by atoms with Crippen LogP contribution < -0.4 is 9.64 Å². The quantitative estimate of drug-likeness (QED) is 0.267. The van der Waals surface area contributed by atoms with Gasteiger partial charge in [-0.25, -0.2) is 9.69 Å². The number of aryl methyl sites for hydroxylation is 1. The number of halogens is 3. The summed E-state index contributed by atoms with van der Waals surface area (Å²) in [4.78, 5) is 42.4. The lowest BCUT2D eigenvalue weighted by atomic mass is 9.75. The van der Waals surface area contributed by atoms with Crippen molar-refractivity contribution in [2.45, 2.75) is 83.7 Å². The normalized spacial score (nSPS) is 22.2. The SMILES string of the molecule is Cc1cc2c(cc1-c1cc(C3CC3C(=O)N3C(=O)OCC3Cc3ccccc3)ccc1OC(F)(F)F)N(C(C)C)C(=O)CC2(C)C. The number of amides is 3. The highest BCUT2D eigenvalue weighted by Crippen LogP contribution is 2.52. The van der Waals surface area contributed by atoms with Gasteiger partial charge in [-0.15, -0.1) is 13.2 Å². The molecule has 1 aliphatic carbocycles. The van der Waals surface area contributed by atoms with Crippen LogP contribution in [0.3, 0.4) is 0 Å². The number of alkyl halides is 3. The monoisotopic (exact) mass is 634 g/mol. The predicted octanol–water partition coefficient (Wildman–Crippen LogP) is 7.68. The molecule has 3 aromatic rings. The van der Waals surface area contributed by atoms with E-state index in [1.54, 1.807) is 23.1 Å². The molecule has 3 aliphatic rings. The van der Waals surface area contributed by atoms with Gasteiger partial charge < -0.3 is 14.4 Å². The fourth-order valence-corrected chi connectivity index (χ4v) is 6.97. The number of anilines is 1. The number of imide groups is 1. The number of cyclic esters (lactones) is 1. The number of carbonyl (C=O) groups excluding carboxylic acids is 3. The Balaban J connectivity index is 1.35. The van der Waals surface area contributed by atoms with E-state index in [-0.39, 0.29) is 41.7 Å². The van der Waals surface area contributed by atoms with Gasteiger partial charge in [0.1, 0.15) is 12.4 Å². The lowest BCUT2D eigenvalue weighted by Crippen LogP contribution is -2.45. The summed E-state index contributed by atoms with van der Waals surface area (Å²) < 4.78 is 50.6. The lowest BCUT2D eigenvalue weighted by Gasteiger charge is -2.41. The van der Waals surface area contributed by atoms with Gasteiger partial charge in [0.05, 0.1) is 6.04 Å². The maximum atomic E-state index is 13.6. The summed E-state index contributed by atoms with van der Waals surface area (Å²) in [7, 11) is 0. The molecule has 10 heteroatoms. The first kappa shape index (κ1) is 31.6. The fourth-order valence-electron chi connectivity index (χ4n) is 6.97. The summed E-state index contributed by atoms with van der Waals surface area (Å²) >= 11 is 0. The molecule has 1 saturated heterocycles. The van der Waals surface area contributed by atoms with Gasteiger partial charge >= 0.3 is 12.5 Å². The first-order chi connectivity index (χ1) is 21.6. The minimum absolute atomic E-state index is 0.0480. The predicted molar refractivity (Wildman–Crippen MR) is 167 cm³/mol. The van der Waals surface area contributed by atoms with Crippen LogP contribution in [0.15, 0.2) is 60.7 Å². The van der Waals surface area contributed by atoms with Crippen LogP contribution in [0.25, 0.3) is 11.1 Å². The Morgan fingerprint density at radius 2 is 1.76 bits per heavy atom. The number of rotatable bonds is 7. The molecular formula is C36H37F3N2O5. The minimum atomic E-state index is -4.93. The molecule has 2 fully saturated rings. The van der Waals surface area contributed by atoms with Crippen molar-refractivity contribution >= 4 is 23.6 Å². The van der Waals surface area contributed by atoms with Crippen molar-refractivity contribution in [2.24, 2.45) is 5.92 Å². The van der Waals surface area contributed by atoms with E-state index >= 15 is 0 Å². The summed E-state index contributed by atoms with van der Waals surface area (Å²) in [6.07, 6.45) is -4.37. The van der Waals surface area contributed by atoms with Crippen LogP contribution in [0.1, 0.15) is 68.7 Å². The van der Waals surface area contributed by atoms with Gasteiger partial charge in [0.15, 0.2) is 0 Å². The standard InChI is InChI=1S/C36H37F3N2O5/c1-20(2)40-30-17-25(21(3)13-29(30)35(4,5)18-32(40)42)27-15-23(11-12-31(27)46-36(37,38)39)26-16-28(26)33(43)41-24(19-45-34(41)44)14-22-9-7-6-8-10-22/h6-13,15,17,20,24,26,28H,14,16,18-19H2,1-5H3. The Labute approximate surface area is 266 Å². The number of ether oxygens (including phenoxy) is 2. The van der Waals surface area contributed by atoms with Crippen molar-refractivity contribution in [3.8, 4) is 16.9 Å². The first-order valence-electron chi connectivity index (χ1n) is 15.6. The maximum Gasteiger partial charge on any atom is 0.573 e. The summed E-state index contributed by atoms with van der Waals surface area (Å²) in [5.74, 6) is -1.56. The van der Waals surface area contributed by atoms with Crippen molar-refractivity contribution in [1.29, 1.82) is 0 Å². The zero-order valence-corrected chi connectivity index (χ0v) is 26.5. The third-order valence-electron chi connectivity index (χ3n) is 9.28. The van der Waals surface area contributed by atoms with E-state index in [0.717, 1.165) is 16.7 Å². The smallest absolute Gasteiger partial charge is 0.447 e. The van der Waals surface area contributed by atoms with Crippen LogP contribution in [0.4, 0.5) is 23.7 Å². The van der Waals surface area contributed by atoms with E-state index in [2.05, 4.69) is 4.74 Å². The largest absolute Gasteiger partial charge is 0.573 e. The zero-order chi connectivity index (χ0) is 33.1. The van der Waals surface area contributed by atoms with Crippen LogP contribution in [-0.4, -0.2) is 47.9 Å². The highest BCUT2D eigenvalue weighted by atomic mass is 19.4. The van der Waals surface area contributed by atoms with Crippen molar-refractivity contribution in [3.63, 3.8) is 0 Å². The molecule has 3 unspecified atom stereocenters. The van der Waals surface area contributed by atoms with Crippen molar-refractivity contribution in [1.82, 2.24) is 4.90 Å². The van der Waals surface area contributed by atoms with Crippen LogP contribution in [-0.2, 0) is 26.2 Å². The molecule has 0 bridgehead atoms. The number of fused-ring (bicyclic) bond motifs is 1. The highest BCUT2D eigenvalue weighted by molar-refractivity contribution is 6.00. The molecule has 6 rings (SSSR count). The Morgan fingerprint density at radius 3 is 2.43 bits per heavy atom. The van der Waals surface area contributed by atoms with Crippen molar-refractivity contribution in [3.05, 3.63) is 82.9 Å². The number of hydrogen-bond acceptors (Lipinski definition) is 5. The molecule has 0 aromatic heterocycles. The molecule has 242 valence electrons.